The zero-order valence-corrected chi connectivity index (χ0v) is 11.6. The van der Waals surface area contributed by atoms with Gasteiger partial charge in [0.25, 0.3) is 0 Å². The Balaban J connectivity index is 2.16. The van der Waals surface area contributed by atoms with E-state index in [0.29, 0.717) is 24.1 Å². The third-order valence-electron chi connectivity index (χ3n) is 3.56. The Bertz CT molecular complexity index is 440. The van der Waals surface area contributed by atoms with Gasteiger partial charge in [-0.2, -0.15) is 13.2 Å². The summed E-state index contributed by atoms with van der Waals surface area (Å²) < 4.78 is 37.0. The third kappa shape index (κ3) is 4.35. The molecule has 0 radical (unpaired) electrons. The predicted octanol–water partition coefficient (Wildman–Crippen LogP) is 4.06. The number of aromatic nitrogens is 2. The first-order chi connectivity index (χ1) is 9.48. The number of nitrogens with zero attached hydrogens (tertiary/aromatic N) is 2. The molecule has 3 nitrogen and oxygen atoms in total. The first-order valence-corrected chi connectivity index (χ1v) is 7.16. The van der Waals surface area contributed by atoms with Crippen LogP contribution < -0.4 is 5.32 Å². The van der Waals surface area contributed by atoms with Crippen molar-refractivity contribution in [1.82, 2.24) is 9.97 Å². The molecule has 1 aliphatic carbocycles. The summed E-state index contributed by atoms with van der Waals surface area (Å²) in [6.07, 6.45) is -0.699. The minimum Gasteiger partial charge on any atom is -0.370 e. The van der Waals surface area contributed by atoms with Crippen LogP contribution in [0.2, 0.25) is 0 Å². The minimum absolute atomic E-state index is 0.150. The molecule has 1 aromatic heterocycles. The van der Waals surface area contributed by atoms with Crippen LogP contribution in [0.3, 0.4) is 0 Å². The number of anilines is 1. The number of aryl methyl sites for hydroxylation is 1. The monoisotopic (exact) mass is 287 g/mol. The molecular weight excluding hydrogens is 267 g/mol. The summed E-state index contributed by atoms with van der Waals surface area (Å²) in [7, 11) is 0. The molecule has 1 saturated carbocycles. The maximum atomic E-state index is 12.3. The van der Waals surface area contributed by atoms with Crippen LogP contribution in [0.15, 0.2) is 6.07 Å². The van der Waals surface area contributed by atoms with Crippen LogP contribution >= 0.6 is 0 Å². The molecule has 0 amide bonds. The van der Waals surface area contributed by atoms with Gasteiger partial charge in [0.05, 0.1) is 6.42 Å². The van der Waals surface area contributed by atoms with Crippen molar-refractivity contribution in [1.29, 1.82) is 0 Å². The summed E-state index contributed by atoms with van der Waals surface area (Å²) in [4.78, 5) is 8.53. The fourth-order valence-electron chi connectivity index (χ4n) is 2.59. The zero-order valence-electron chi connectivity index (χ0n) is 11.6. The molecule has 0 aliphatic heterocycles. The van der Waals surface area contributed by atoms with Crippen molar-refractivity contribution in [2.75, 3.05) is 11.9 Å². The Morgan fingerprint density at radius 1 is 1.25 bits per heavy atom. The Kier molecular flexibility index (Phi) is 4.83. The van der Waals surface area contributed by atoms with Gasteiger partial charge in [-0.25, -0.2) is 9.97 Å². The van der Waals surface area contributed by atoms with Gasteiger partial charge < -0.3 is 5.32 Å². The van der Waals surface area contributed by atoms with E-state index in [2.05, 4.69) is 15.3 Å². The van der Waals surface area contributed by atoms with Gasteiger partial charge in [-0.15, -0.1) is 0 Å². The van der Waals surface area contributed by atoms with Crippen molar-refractivity contribution in [3.63, 3.8) is 0 Å². The molecule has 6 heteroatoms. The van der Waals surface area contributed by atoms with Crippen LogP contribution in [0.25, 0.3) is 0 Å². The topological polar surface area (TPSA) is 37.8 Å². The fraction of sp³-hybridized carbons (Fsp3) is 0.714. The predicted molar refractivity (Wildman–Crippen MR) is 71.8 cm³/mol. The molecular formula is C14H20F3N3. The van der Waals surface area contributed by atoms with Crippen molar-refractivity contribution < 1.29 is 13.2 Å². The maximum Gasteiger partial charge on any atom is 0.389 e. The number of hydrogen-bond donors (Lipinski definition) is 1. The SMILES string of the molecule is CCNc1cc(C2CCCC2)nc(CCC(F)(F)F)n1. The van der Waals surface area contributed by atoms with E-state index in [0.717, 1.165) is 18.5 Å². The average Bonchev–Trinajstić information content (AvgIpc) is 2.89. The highest BCUT2D eigenvalue weighted by Crippen LogP contribution is 2.34. The smallest absolute Gasteiger partial charge is 0.370 e. The molecule has 112 valence electrons. The van der Waals surface area contributed by atoms with Gasteiger partial charge in [0, 0.05) is 30.6 Å². The second-order valence-electron chi connectivity index (χ2n) is 5.22. The van der Waals surface area contributed by atoms with Crippen LogP contribution in [0.4, 0.5) is 19.0 Å². The Hall–Kier alpha value is -1.33. The molecule has 2 rings (SSSR count). The average molecular weight is 287 g/mol. The van der Waals surface area contributed by atoms with Gasteiger partial charge in [0.2, 0.25) is 0 Å². The molecule has 0 spiro atoms. The quantitative estimate of drug-likeness (QED) is 0.887. The van der Waals surface area contributed by atoms with Gasteiger partial charge >= 0.3 is 6.18 Å². The van der Waals surface area contributed by atoms with Crippen LogP contribution in [-0.4, -0.2) is 22.7 Å². The normalized spacial score (nSPS) is 16.6. The molecule has 0 atom stereocenters. The Labute approximate surface area is 117 Å². The van der Waals surface area contributed by atoms with E-state index in [4.69, 9.17) is 0 Å². The van der Waals surface area contributed by atoms with E-state index >= 15 is 0 Å². The number of halogens is 3. The lowest BCUT2D eigenvalue weighted by Gasteiger charge is -2.13. The summed E-state index contributed by atoms with van der Waals surface area (Å²) >= 11 is 0. The van der Waals surface area contributed by atoms with Crippen molar-refractivity contribution >= 4 is 5.82 Å². The van der Waals surface area contributed by atoms with Crippen molar-refractivity contribution in [3.05, 3.63) is 17.6 Å². The number of hydrogen-bond acceptors (Lipinski definition) is 3. The number of alkyl halides is 3. The highest BCUT2D eigenvalue weighted by Gasteiger charge is 2.27. The molecule has 1 heterocycles. The fourth-order valence-corrected chi connectivity index (χ4v) is 2.59. The second-order valence-corrected chi connectivity index (χ2v) is 5.22. The standard InChI is InChI=1S/C14H20F3N3/c1-2-18-13-9-11(10-5-3-4-6-10)19-12(20-13)7-8-14(15,16)17/h9-10H,2-8H2,1H3,(H,18,19,20). The van der Waals surface area contributed by atoms with Crippen molar-refractivity contribution in [3.8, 4) is 0 Å². The zero-order chi connectivity index (χ0) is 14.6. The lowest BCUT2D eigenvalue weighted by Crippen LogP contribution is -2.13. The van der Waals surface area contributed by atoms with E-state index in [1.807, 2.05) is 13.0 Å². The highest BCUT2D eigenvalue weighted by atomic mass is 19.4. The van der Waals surface area contributed by atoms with Crippen LogP contribution in [0.5, 0.6) is 0 Å². The van der Waals surface area contributed by atoms with E-state index < -0.39 is 12.6 Å². The largest absolute Gasteiger partial charge is 0.389 e. The summed E-state index contributed by atoms with van der Waals surface area (Å²) in [5.41, 5.74) is 0.894. The molecule has 0 aromatic carbocycles. The van der Waals surface area contributed by atoms with Gasteiger partial charge in [-0.05, 0) is 19.8 Å². The summed E-state index contributed by atoms with van der Waals surface area (Å²) in [5.74, 6) is 1.31. The van der Waals surface area contributed by atoms with Crippen LogP contribution in [0, 0.1) is 0 Å². The van der Waals surface area contributed by atoms with Gasteiger partial charge in [-0.3, -0.25) is 0 Å². The van der Waals surface area contributed by atoms with Gasteiger partial charge in [0.1, 0.15) is 11.6 Å². The van der Waals surface area contributed by atoms with Crippen LogP contribution in [-0.2, 0) is 6.42 Å². The maximum absolute atomic E-state index is 12.3. The summed E-state index contributed by atoms with van der Waals surface area (Å²) in [6, 6.07) is 1.89. The summed E-state index contributed by atoms with van der Waals surface area (Å²) in [5, 5.41) is 3.08. The van der Waals surface area contributed by atoms with E-state index in [-0.39, 0.29) is 6.42 Å². The molecule has 1 fully saturated rings. The van der Waals surface area contributed by atoms with Crippen LogP contribution in [0.1, 0.15) is 56.5 Å². The molecule has 0 saturated heterocycles. The van der Waals surface area contributed by atoms with Crippen molar-refractivity contribution in [2.24, 2.45) is 0 Å². The second kappa shape index (κ2) is 6.41. The minimum atomic E-state index is -4.16. The van der Waals surface area contributed by atoms with Gasteiger partial charge in [0.15, 0.2) is 0 Å². The number of nitrogens with one attached hydrogen (secondary N) is 1. The first-order valence-electron chi connectivity index (χ1n) is 7.16. The lowest BCUT2D eigenvalue weighted by molar-refractivity contribution is -0.134. The summed E-state index contributed by atoms with van der Waals surface area (Å²) in [6.45, 7) is 2.63. The highest BCUT2D eigenvalue weighted by molar-refractivity contribution is 5.37. The lowest BCUT2D eigenvalue weighted by atomic mass is 10.0. The Morgan fingerprint density at radius 3 is 2.55 bits per heavy atom. The third-order valence-corrected chi connectivity index (χ3v) is 3.56. The molecule has 20 heavy (non-hydrogen) atoms. The first kappa shape index (κ1) is 15.1. The van der Waals surface area contributed by atoms with E-state index in [1.54, 1.807) is 0 Å². The number of rotatable bonds is 5. The van der Waals surface area contributed by atoms with Gasteiger partial charge in [-0.1, -0.05) is 12.8 Å². The Morgan fingerprint density at radius 2 is 1.95 bits per heavy atom. The molecule has 1 N–H and O–H groups in total. The molecule has 1 aliphatic rings. The molecule has 1 aromatic rings. The molecule has 0 bridgehead atoms. The van der Waals surface area contributed by atoms with Crippen molar-refractivity contribution in [2.45, 2.75) is 57.5 Å². The molecule has 0 unspecified atom stereocenters. The van der Waals surface area contributed by atoms with E-state index in [1.165, 1.54) is 12.8 Å². The van der Waals surface area contributed by atoms with E-state index in [9.17, 15) is 13.2 Å².